The summed E-state index contributed by atoms with van der Waals surface area (Å²) in [5.41, 5.74) is 6.09. The molecule has 3 aromatic rings. The number of carbonyl (C=O) groups excluding carboxylic acids is 1. The lowest BCUT2D eigenvalue weighted by atomic mass is 10.00. The highest BCUT2D eigenvalue weighted by Crippen LogP contribution is 2.35. The van der Waals surface area contributed by atoms with Crippen LogP contribution in [0.5, 0.6) is 17.2 Å². The predicted molar refractivity (Wildman–Crippen MR) is 129 cm³/mol. The molecule has 0 aliphatic carbocycles. The lowest BCUT2D eigenvalue weighted by Crippen LogP contribution is -2.27. The molecule has 7 heteroatoms. The molecule has 34 heavy (non-hydrogen) atoms. The third-order valence-corrected chi connectivity index (χ3v) is 5.02. The van der Waals surface area contributed by atoms with Crippen molar-refractivity contribution >= 4 is 6.09 Å². The third-order valence-electron chi connectivity index (χ3n) is 5.02. The van der Waals surface area contributed by atoms with Gasteiger partial charge in [0.05, 0.1) is 14.2 Å². The predicted octanol–water partition coefficient (Wildman–Crippen LogP) is 5.52. The SMILES string of the molecule is C=CCOC(=O)NOC(c1ccc(OCc2ccc(C)cc2)cc1)c1ccc(OC)cc1OC. The smallest absolute Gasteiger partial charge is 0.431 e. The van der Waals surface area contributed by atoms with E-state index in [4.69, 9.17) is 23.8 Å². The van der Waals surface area contributed by atoms with Crippen LogP contribution < -0.4 is 19.7 Å². The molecule has 0 spiro atoms. The van der Waals surface area contributed by atoms with Crippen LogP contribution in [0.25, 0.3) is 0 Å². The zero-order chi connectivity index (χ0) is 24.3. The second kappa shape index (κ2) is 12.3. The van der Waals surface area contributed by atoms with E-state index in [2.05, 4.69) is 24.2 Å². The van der Waals surface area contributed by atoms with Crippen molar-refractivity contribution in [2.24, 2.45) is 0 Å². The van der Waals surface area contributed by atoms with Crippen LogP contribution in [-0.2, 0) is 16.2 Å². The Morgan fingerprint density at radius 1 is 0.971 bits per heavy atom. The molecule has 0 bridgehead atoms. The highest BCUT2D eigenvalue weighted by molar-refractivity contribution is 5.66. The Hall–Kier alpha value is -3.97. The summed E-state index contributed by atoms with van der Waals surface area (Å²) in [6, 6.07) is 21.0. The second-order valence-electron chi connectivity index (χ2n) is 7.44. The zero-order valence-electron chi connectivity index (χ0n) is 19.6. The van der Waals surface area contributed by atoms with Gasteiger partial charge in [-0.1, -0.05) is 54.6 Å². The van der Waals surface area contributed by atoms with E-state index >= 15 is 0 Å². The molecule has 0 aliphatic rings. The molecular weight excluding hydrogens is 434 g/mol. The lowest BCUT2D eigenvalue weighted by Gasteiger charge is -2.21. The number of carbonyl (C=O) groups is 1. The Morgan fingerprint density at radius 2 is 1.68 bits per heavy atom. The first-order valence-corrected chi connectivity index (χ1v) is 10.7. The summed E-state index contributed by atoms with van der Waals surface area (Å²) in [7, 11) is 3.14. The van der Waals surface area contributed by atoms with Gasteiger partial charge in [0, 0.05) is 11.6 Å². The van der Waals surface area contributed by atoms with Crippen LogP contribution in [0.2, 0.25) is 0 Å². The molecule has 1 amide bonds. The number of rotatable bonds is 11. The minimum absolute atomic E-state index is 0.0682. The molecule has 0 heterocycles. The molecule has 3 aromatic carbocycles. The van der Waals surface area contributed by atoms with E-state index in [0.717, 1.165) is 11.1 Å². The van der Waals surface area contributed by atoms with Crippen LogP contribution in [-0.4, -0.2) is 26.9 Å². The maximum absolute atomic E-state index is 11.9. The molecule has 7 nitrogen and oxygen atoms in total. The summed E-state index contributed by atoms with van der Waals surface area (Å²) in [6.07, 6.45) is 0.0672. The maximum Gasteiger partial charge on any atom is 0.431 e. The molecule has 1 N–H and O–H groups in total. The maximum atomic E-state index is 11.9. The van der Waals surface area contributed by atoms with Crippen molar-refractivity contribution in [2.45, 2.75) is 19.6 Å². The Labute approximate surface area is 199 Å². The quantitative estimate of drug-likeness (QED) is 0.298. The van der Waals surface area contributed by atoms with Crippen LogP contribution in [0.3, 0.4) is 0 Å². The van der Waals surface area contributed by atoms with Crippen LogP contribution >= 0.6 is 0 Å². The second-order valence-corrected chi connectivity index (χ2v) is 7.44. The van der Waals surface area contributed by atoms with Gasteiger partial charge >= 0.3 is 6.09 Å². The molecule has 178 valence electrons. The van der Waals surface area contributed by atoms with Gasteiger partial charge in [0.25, 0.3) is 0 Å². The van der Waals surface area contributed by atoms with Gasteiger partial charge in [-0.25, -0.2) is 4.79 Å². The van der Waals surface area contributed by atoms with Crippen LogP contribution in [0.4, 0.5) is 4.79 Å². The van der Waals surface area contributed by atoms with Gasteiger partial charge in [0.1, 0.15) is 36.6 Å². The van der Waals surface area contributed by atoms with Gasteiger partial charge in [0.15, 0.2) is 0 Å². The van der Waals surface area contributed by atoms with Crippen LogP contribution in [0.1, 0.15) is 28.4 Å². The number of nitrogens with one attached hydrogen (secondary N) is 1. The number of hydrogen-bond acceptors (Lipinski definition) is 6. The van der Waals surface area contributed by atoms with Gasteiger partial charge in [-0.05, 0) is 42.3 Å². The summed E-state index contributed by atoms with van der Waals surface area (Å²) < 4.78 is 21.7. The number of methoxy groups -OCH3 is 2. The number of aryl methyl sites for hydroxylation is 1. The van der Waals surface area contributed by atoms with E-state index in [-0.39, 0.29) is 6.61 Å². The summed E-state index contributed by atoms with van der Waals surface area (Å²) in [5.74, 6) is 1.89. The van der Waals surface area contributed by atoms with Crippen molar-refractivity contribution in [3.8, 4) is 17.2 Å². The van der Waals surface area contributed by atoms with Crippen LogP contribution in [0.15, 0.2) is 79.4 Å². The van der Waals surface area contributed by atoms with E-state index in [0.29, 0.717) is 29.4 Å². The Bertz CT molecular complexity index is 1080. The van der Waals surface area contributed by atoms with Gasteiger partial charge in [0.2, 0.25) is 0 Å². The average Bonchev–Trinajstić information content (AvgIpc) is 2.88. The zero-order valence-corrected chi connectivity index (χ0v) is 19.6. The van der Waals surface area contributed by atoms with E-state index < -0.39 is 12.2 Å². The molecule has 0 saturated carbocycles. The molecule has 0 aliphatic heterocycles. The van der Waals surface area contributed by atoms with Crippen molar-refractivity contribution < 1.29 is 28.6 Å². The Balaban J connectivity index is 1.80. The van der Waals surface area contributed by atoms with Gasteiger partial charge in [-0.2, -0.15) is 5.48 Å². The highest BCUT2D eigenvalue weighted by atomic mass is 16.7. The fourth-order valence-corrected chi connectivity index (χ4v) is 3.21. The number of amides is 1. The molecular formula is C27H29NO6. The van der Waals surface area contributed by atoms with Crippen molar-refractivity contribution in [3.05, 3.63) is 102 Å². The fraction of sp³-hybridized carbons (Fsp3) is 0.222. The van der Waals surface area contributed by atoms with Crippen molar-refractivity contribution in [2.75, 3.05) is 20.8 Å². The molecule has 0 radical (unpaired) electrons. The van der Waals surface area contributed by atoms with E-state index in [1.54, 1.807) is 26.4 Å². The molecule has 0 aromatic heterocycles. The summed E-state index contributed by atoms with van der Waals surface area (Å²) >= 11 is 0. The number of ether oxygens (including phenoxy) is 4. The normalized spacial score (nSPS) is 11.3. The van der Waals surface area contributed by atoms with Crippen molar-refractivity contribution in [3.63, 3.8) is 0 Å². The average molecular weight is 464 g/mol. The van der Waals surface area contributed by atoms with Crippen molar-refractivity contribution in [1.29, 1.82) is 0 Å². The van der Waals surface area contributed by atoms with E-state index in [1.165, 1.54) is 11.6 Å². The minimum atomic E-state index is -0.726. The number of hydroxylamine groups is 1. The minimum Gasteiger partial charge on any atom is -0.497 e. The summed E-state index contributed by atoms with van der Waals surface area (Å²) in [4.78, 5) is 17.7. The number of hydrogen-bond donors (Lipinski definition) is 1. The number of benzene rings is 3. The van der Waals surface area contributed by atoms with E-state index in [9.17, 15) is 4.79 Å². The third kappa shape index (κ3) is 6.76. The largest absolute Gasteiger partial charge is 0.497 e. The van der Waals surface area contributed by atoms with E-state index in [1.807, 2.05) is 49.4 Å². The monoisotopic (exact) mass is 463 g/mol. The first kappa shape index (κ1) is 24.7. The van der Waals surface area contributed by atoms with Crippen molar-refractivity contribution in [1.82, 2.24) is 5.48 Å². The summed E-state index contributed by atoms with van der Waals surface area (Å²) in [6.45, 7) is 6.10. The van der Waals surface area contributed by atoms with Gasteiger partial charge < -0.3 is 18.9 Å². The first-order valence-electron chi connectivity index (χ1n) is 10.7. The Kier molecular flexibility index (Phi) is 8.94. The lowest BCUT2D eigenvalue weighted by molar-refractivity contribution is -0.00546. The topological polar surface area (TPSA) is 75.3 Å². The molecule has 1 atom stereocenters. The standard InChI is InChI=1S/C27H29NO6/c1-5-16-32-27(29)28-34-26(24-15-14-23(30-3)17-25(24)31-4)21-10-12-22(13-11-21)33-18-20-8-6-19(2)7-9-20/h5-15,17,26H,1,16,18H2,2-4H3,(H,28,29). The molecule has 3 rings (SSSR count). The summed E-state index contributed by atoms with van der Waals surface area (Å²) in [5, 5.41) is 0. The van der Waals surface area contributed by atoms with Gasteiger partial charge in [-0.15, -0.1) is 0 Å². The van der Waals surface area contributed by atoms with Crippen LogP contribution in [0, 0.1) is 6.92 Å². The highest BCUT2D eigenvalue weighted by Gasteiger charge is 2.22. The molecule has 0 fully saturated rings. The Morgan fingerprint density at radius 3 is 2.32 bits per heavy atom. The fourth-order valence-electron chi connectivity index (χ4n) is 3.21. The molecule has 1 unspecified atom stereocenters. The molecule has 0 saturated heterocycles. The van der Waals surface area contributed by atoms with Gasteiger partial charge in [-0.3, -0.25) is 4.84 Å². The first-order chi connectivity index (χ1) is 16.5.